The number of halogens is 1. The van der Waals surface area contributed by atoms with E-state index in [1.807, 2.05) is 31.2 Å². The molecule has 0 atom stereocenters. The molecule has 23 heavy (non-hydrogen) atoms. The first-order valence-electron chi connectivity index (χ1n) is 7.57. The molecule has 0 fully saturated rings. The van der Waals surface area contributed by atoms with Gasteiger partial charge in [0.25, 0.3) is 5.91 Å². The van der Waals surface area contributed by atoms with Gasteiger partial charge in [0, 0.05) is 20.8 Å². The largest absolute Gasteiger partial charge is 0.366 e. The molecule has 3 aromatic rings. The SMILES string of the molecule is Cc1nc2sc3c(c2c(-c2ccc(Cl)cc2)c1C(N)=O)CCC3. The van der Waals surface area contributed by atoms with E-state index in [1.165, 1.54) is 10.4 Å². The number of nitrogens with two attached hydrogens (primary N) is 1. The van der Waals surface area contributed by atoms with Gasteiger partial charge in [0.1, 0.15) is 4.83 Å². The number of aromatic nitrogens is 1. The number of carbonyl (C=O) groups excluding carboxylic acids is 1. The van der Waals surface area contributed by atoms with Crippen LogP contribution in [-0.4, -0.2) is 10.9 Å². The second-order valence-corrected chi connectivity index (χ2v) is 7.38. The van der Waals surface area contributed by atoms with Crippen molar-refractivity contribution in [3.05, 3.63) is 51.0 Å². The zero-order chi connectivity index (χ0) is 16.1. The number of benzene rings is 1. The van der Waals surface area contributed by atoms with Gasteiger partial charge in [0.05, 0.1) is 11.3 Å². The average molecular weight is 343 g/mol. The second-order valence-electron chi connectivity index (χ2n) is 5.86. The molecule has 1 aliphatic carbocycles. The van der Waals surface area contributed by atoms with Gasteiger partial charge in [0.2, 0.25) is 0 Å². The Morgan fingerprint density at radius 3 is 2.70 bits per heavy atom. The van der Waals surface area contributed by atoms with Crippen LogP contribution in [0.5, 0.6) is 0 Å². The second kappa shape index (κ2) is 5.32. The Morgan fingerprint density at radius 1 is 1.26 bits per heavy atom. The number of nitrogens with zero attached hydrogens (tertiary/aromatic N) is 1. The highest BCUT2D eigenvalue weighted by Crippen LogP contribution is 2.43. The fourth-order valence-corrected chi connectivity index (χ4v) is 4.89. The third-order valence-corrected chi connectivity index (χ3v) is 5.85. The molecule has 116 valence electrons. The number of thiophene rings is 1. The van der Waals surface area contributed by atoms with E-state index in [9.17, 15) is 4.79 Å². The zero-order valence-corrected chi connectivity index (χ0v) is 14.2. The lowest BCUT2D eigenvalue weighted by Gasteiger charge is -2.13. The summed E-state index contributed by atoms with van der Waals surface area (Å²) in [4.78, 5) is 19.2. The van der Waals surface area contributed by atoms with Crippen molar-refractivity contribution in [2.75, 3.05) is 0 Å². The number of pyridine rings is 1. The summed E-state index contributed by atoms with van der Waals surface area (Å²) in [6, 6.07) is 7.58. The van der Waals surface area contributed by atoms with Crippen LogP contribution in [0.1, 0.15) is 32.9 Å². The predicted molar refractivity (Wildman–Crippen MR) is 95.3 cm³/mol. The summed E-state index contributed by atoms with van der Waals surface area (Å²) >= 11 is 7.77. The fourth-order valence-electron chi connectivity index (χ4n) is 3.45. The Kier molecular flexibility index (Phi) is 3.39. The first-order chi connectivity index (χ1) is 11.1. The van der Waals surface area contributed by atoms with Crippen molar-refractivity contribution in [3.63, 3.8) is 0 Å². The summed E-state index contributed by atoms with van der Waals surface area (Å²) in [6.45, 7) is 1.85. The van der Waals surface area contributed by atoms with Crippen LogP contribution >= 0.6 is 22.9 Å². The number of hydrogen-bond acceptors (Lipinski definition) is 3. The Labute approximate surface area is 143 Å². The molecule has 2 aromatic heterocycles. The quantitative estimate of drug-likeness (QED) is 0.744. The van der Waals surface area contributed by atoms with Gasteiger partial charge in [-0.2, -0.15) is 0 Å². The zero-order valence-electron chi connectivity index (χ0n) is 12.6. The van der Waals surface area contributed by atoms with Crippen molar-refractivity contribution in [2.45, 2.75) is 26.2 Å². The van der Waals surface area contributed by atoms with E-state index >= 15 is 0 Å². The summed E-state index contributed by atoms with van der Waals surface area (Å²) < 4.78 is 0. The van der Waals surface area contributed by atoms with E-state index in [-0.39, 0.29) is 0 Å². The van der Waals surface area contributed by atoms with Crippen molar-refractivity contribution >= 4 is 39.1 Å². The Balaban J connectivity index is 2.15. The molecule has 0 radical (unpaired) electrons. The predicted octanol–water partition coefficient (Wildman–Crippen LogP) is 4.51. The van der Waals surface area contributed by atoms with Gasteiger partial charge < -0.3 is 5.73 Å². The Bertz CT molecular complexity index is 944. The van der Waals surface area contributed by atoms with Crippen molar-refractivity contribution in [3.8, 4) is 11.1 Å². The van der Waals surface area contributed by atoms with Gasteiger partial charge in [-0.3, -0.25) is 4.79 Å². The molecular weight excluding hydrogens is 328 g/mol. The number of rotatable bonds is 2. The van der Waals surface area contributed by atoms with Crippen molar-refractivity contribution < 1.29 is 4.79 Å². The summed E-state index contributed by atoms with van der Waals surface area (Å²) in [6.07, 6.45) is 3.30. The van der Waals surface area contributed by atoms with Gasteiger partial charge in [0.15, 0.2) is 0 Å². The molecule has 1 aliphatic rings. The van der Waals surface area contributed by atoms with Crippen molar-refractivity contribution in [2.24, 2.45) is 5.73 Å². The smallest absolute Gasteiger partial charge is 0.251 e. The number of hydrogen-bond donors (Lipinski definition) is 1. The molecule has 1 amide bonds. The lowest BCUT2D eigenvalue weighted by molar-refractivity contribution is 0.1000. The number of fused-ring (bicyclic) bond motifs is 3. The van der Waals surface area contributed by atoms with Crippen LogP contribution in [0.15, 0.2) is 24.3 Å². The van der Waals surface area contributed by atoms with E-state index in [4.69, 9.17) is 17.3 Å². The topological polar surface area (TPSA) is 56.0 Å². The lowest BCUT2D eigenvalue weighted by atomic mass is 9.93. The molecule has 0 saturated heterocycles. The van der Waals surface area contributed by atoms with Gasteiger partial charge >= 0.3 is 0 Å². The number of primary amides is 1. The third-order valence-electron chi connectivity index (χ3n) is 4.41. The monoisotopic (exact) mass is 342 g/mol. The molecule has 5 heteroatoms. The van der Waals surface area contributed by atoms with E-state index in [0.29, 0.717) is 16.3 Å². The first kappa shape index (κ1) is 14.7. The molecule has 1 aromatic carbocycles. The van der Waals surface area contributed by atoms with Gasteiger partial charge in [-0.15, -0.1) is 11.3 Å². The molecule has 0 unspecified atom stereocenters. The standard InChI is InChI=1S/C18H15ClN2OS/c1-9-14(17(20)22)15(10-5-7-11(19)8-6-10)16-12-3-2-4-13(12)23-18(16)21-9/h5-8H,2-4H2,1H3,(H2,20,22). The van der Waals surface area contributed by atoms with E-state index in [1.54, 1.807) is 11.3 Å². The molecule has 0 aliphatic heterocycles. The van der Waals surface area contributed by atoms with Crippen LogP contribution in [0, 0.1) is 6.92 Å². The van der Waals surface area contributed by atoms with E-state index in [2.05, 4.69) is 4.98 Å². The average Bonchev–Trinajstić information content (AvgIpc) is 3.06. The minimum atomic E-state index is -0.431. The van der Waals surface area contributed by atoms with Crippen LogP contribution in [0.3, 0.4) is 0 Å². The van der Waals surface area contributed by atoms with Crippen LogP contribution in [0.4, 0.5) is 0 Å². The number of aryl methyl sites for hydroxylation is 3. The van der Waals surface area contributed by atoms with Crippen LogP contribution in [-0.2, 0) is 12.8 Å². The molecule has 4 rings (SSSR count). The molecule has 0 spiro atoms. The normalized spacial score (nSPS) is 13.5. The molecule has 2 N–H and O–H groups in total. The molecule has 3 nitrogen and oxygen atoms in total. The summed E-state index contributed by atoms with van der Waals surface area (Å²) in [5, 5.41) is 1.77. The molecule has 2 heterocycles. The minimum Gasteiger partial charge on any atom is -0.366 e. The fraction of sp³-hybridized carbons (Fsp3) is 0.222. The maximum absolute atomic E-state index is 12.1. The van der Waals surface area contributed by atoms with Gasteiger partial charge in [-0.1, -0.05) is 23.7 Å². The van der Waals surface area contributed by atoms with E-state index in [0.717, 1.165) is 40.6 Å². The van der Waals surface area contributed by atoms with Gasteiger partial charge in [-0.05, 0) is 49.4 Å². The summed E-state index contributed by atoms with van der Waals surface area (Å²) in [5.74, 6) is -0.431. The highest BCUT2D eigenvalue weighted by atomic mass is 35.5. The Morgan fingerprint density at radius 2 is 2.00 bits per heavy atom. The highest BCUT2D eigenvalue weighted by Gasteiger charge is 2.26. The number of carbonyl (C=O) groups is 1. The third kappa shape index (κ3) is 2.25. The maximum atomic E-state index is 12.1. The highest BCUT2D eigenvalue weighted by molar-refractivity contribution is 7.19. The maximum Gasteiger partial charge on any atom is 0.251 e. The summed E-state index contributed by atoms with van der Waals surface area (Å²) in [5.41, 5.74) is 10.1. The van der Waals surface area contributed by atoms with E-state index < -0.39 is 5.91 Å². The van der Waals surface area contributed by atoms with Crippen molar-refractivity contribution in [1.29, 1.82) is 0 Å². The van der Waals surface area contributed by atoms with Gasteiger partial charge in [-0.25, -0.2) is 4.98 Å². The van der Waals surface area contributed by atoms with Crippen LogP contribution < -0.4 is 5.73 Å². The van der Waals surface area contributed by atoms with Crippen LogP contribution in [0.25, 0.3) is 21.3 Å². The summed E-state index contributed by atoms with van der Waals surface area (Å²) in [7, 11) is 0. The lowest BCUT2D eigenvalue weighted by Crippen LogP contribution is -2.15. The molecule has 0 bridgehead atoms. The number of amides is 1. The first-order valence-corrected chi connectivity index (χ1v) is 8.76. The minimum absolute atomic E-state index is 0.431. The molecular formula is C18H15ClN2OS. The Hall–Kier alpha value is -1.91. The van der Waals surface area contributed by atoms with Crippen LogP contribution in [0.2, 0.25) is 5.02 Å². The van der Waals surface area contributed by atoms with Crippen molar-refractivity contribution in [1.82, 2.24) is 4.98 Å². The molecule has 0 saturated carbocycles.